The van der Waals surface area contributed by atoms with Gasteiger partial charge in [0.25, 0.3) is 0 Å². The maximum Gasteiger partial charge on any atom is 0.222 e. The van der Waals surface area contributed by atoms with Gasteiger partial charge in [0.15, 0.2) is 0 Å². The molecule has 2 N–H and O–H groups in total. The first-order valence-corrected chi connectivity index (χ1v) is 6.94. The molecule has 0 unspecified atom stereocenters. The predicted molar refractivity (Wildman–Crippen MR) is 78.1 cm³/mol. The molecule has 3 rings (SSSR count). The van der Waals surface area contributed by atoms with Gasteiger partial charge in [-0.2, -0.15) is 0 Å². The van der Waals surface area contributed by atoms with Crippen LogP contribution in [0.1, 0.15) is 11.1 Å². The molecule has 0 aromatic heterocycles. The Morgan fingerprint density at radius 1 is 0.850 bits per heavy atom. The van der Waals surface area contributed by atoms with Crippen LogP contribution in [0.3, 0.4) is 0 Å². The summed E-state index contributed by atoms with van der Waals surface area (Å²) in [5, 5.41) is 0. The summed E-state index contributed by atoms with van der Waals surface area (Å²) in [6.45, 7) is 1.81. The van der Waals surface area contributed by atoms with Gasteiger partial charge in [-0.05, 0) is 6.54 Å². The first-order valence-electron chi connectivity index (χ1n) is 6.94. The molecule has 1 aliphatic heterocycles. The summed E-state index contributed by atoms with van der Waals surface area (Å²) in [7, 11) is 0. The van der Waals surface area contributed by atoms with Gasteiger partial charge >= 0.3 is 0 Å². The largest absolute Gasteiger partial charge is 0.342 e. The molecule has 0 aliphatic carbocycles. The Bertz CT molecular complexity index is 492. The topological polar surface area (TPSA) is 44.5 Å². The van der Waals surface area contributed by atoms with E-state index in [4.69, 9.17) is 15.2 Å². The molecule has 3 heteroatoms. The van der Waals surface area contributed by atoms with Crippen LogP contribution >= 0.6 is 0 Å². The van der Waals surface area contributed by atoms with E-state index in [1.165, 1.54) is 0 Å². The molecule has 1 saturated heterocycles. The molecule has 1 fully saturated rings. The average Bonchev–Trinajstić information content (AvgIpc) is 2.56. The molecular formula is C17H19NO2. The molecule has 1 aliphatic rings. The quantitative estimate of drug-likeness (QED) is 0.931. The molecule has 2 aromatic rings. The lowest BCUT2D eigenvalue weighted by Crippen LogP contribution is -2.44. The Labute approximate surface area is 119 Å². The average molecular weight is 269 g/mol. The fourth-order valence-electron chi connectivity index (χ4n) is 2.51. The molecule has 3 nitrogen and oxygen atoms in total. The van der Waals surface area contributed by atoms with Gasteiger partial charge in [-0.25, -0.2) is 0 Å². The Kier molecular flexibility index (Phi) is 3.83. The number of rotatable bonds is 3. The number of ether oxygens (including phenoxy) is 2. The molecule has 104 valence electrons. The third-order valence-electron chi connectivity index (χ3n) is 3.69. The van der Waals surface area contributed by atoms with Crippen molar-refractivity contribution in [2.24, 2.45) is 11.7 Å². The maximum absolute atomic E-state index is 6.14. The van der Waals surface area contributed by atoms with E-state index in [0.29, 0.717) is 19.8 Å². The third kappa shape index (κ3) is 2.36. The van der Waals surface area contributed by atoms with Crippen molar-refractivity contribution < 1.29 is 9.47 Å². The van der Waals surface area contributed by atoms with E-state index in [2.05, 4.69) is 0 Å². The zero-order valence-electron chi connectivity index (χ0n) is 11.4. The molecule has 0 spiro atoms. The van der Waals surface area contributed by atoms with Crippen molar-refractivity contribution in [1.82, 2.24) is 0 Å². The van der Waals surface area contributed by atoms with Gasteiger partial charge in [-0.15, -0.1) is 0 Å². The maximum atomic E-state index is 6.14. The van der Waals surface area contributed by atoms with Crippen molar-refractivity contribution in [2.75, 3.05) is 19.8 Å². The van der Waals surface area contributed by atoms with Gasteiger partial charge in [0.1, 0.15) is 0 Å². The van der Waals surface area contributed by atoms with Gasteiger partial charge < -0.3 is 15.2 Å². The Morgan fingerprint density at radius 2 is 1.30 bits per heavy atom. The number of nitrogens with two attached hydrogens (primary N) is 1. The Balaban J connectivity index is 2.01. The standard InChI is InChI=1S/C17H19NO2/c18-11-14-12-19-17(20-13-14,15-7-3-1-4-8-15)16-9-5-2-6-10-16/h1-10,14H,11-13,18H2. The van der Waals surface area contributed by atoms with Crippen LogP contribution in [0.25, 0.3) is 0 Å². The molecule has 20 heavy (non-hydrogen) atoms. The highest BCUT2D eigenvalue weighted by atomic mass is 16.7. The number of benzene rings is 2. The molecular weight excluding hydrogens is 250 g/mol. The van der Waals surface area contributed by atoms with Gasteiger partial charge in [0.2, 0.25) is 5.79 Å². The van der Waals surface area contributed by atoms with Crippen molar-refractivity contribution in [1.29, 1.82) is 0 Å². The normalized spacial score (nSPS) is 18.9. The van der Waals surface area contributed by atoms with Crippen LogP contribution in [0.5, 0.6) is 0 Å². The smallest absolute Gasteiger partial charge is 0.222 e. The van der Waals surface area contributed by atoms with Crippen LogP contribution in [0.4, 0.5) is 0 Å². The van der Waals surface area contributed by atoms with Crippen LogP contribution in [0.2, 0.25) is 0 Å². The minimum atomic E-state index is -0.811. The summed E-state index contributed by atoms with van der Waals surface area (Å²) in [6, 6.07) is 20.1. The zero-order valence-corrected chi connectivity index (χ0v) is 11.4. The fourth-order valence-corrected chi connectivity index (χ4v) is 2.51. The second-order valence-corrected chi connectivity index (χ2v) is 5.07. The lowest BCUT2D eigenvalue weighted by molar-refractivity contribution is -0.265. The summed E-state index contributed by atoms with van der Waals surface area (Å²) in [6.07, 6.45) is 0. The summed E-state index contributed by atoms with van der Waals surface area (Å²) in [5.74, 6) is -0.552. The molecule has 0 bridgehead atoms. The highest BCUT2D eigenvalue weighted by Gasteiger charge is 2.40. The van der Waals surface area contributed by atoms with Gasteiger partial charge in [-0.1, -0.05) is 60.7 Å². The van der Waals surface area contributed by atoms with Crippen molar-refractivity contribution in [3.8, 4) is 0 Å². The molecule has 0 atom stereocenters. The minimum Gasteiger partial charge on any atom is -0.342 e. The van der Waals surface area contributed by atoms with Gasteiger partial charge in [0, 0.05) is 17.0 Å². The molecule has 0 radical (unpaired) electrons. The van der Waals surface area contributed by atoms with Crippen molar-refractivity contribution in [3.05, 3.63) is 71.8 Å². The molecule has 2 aromatic carbocycles. The van der Waals surface area contributed by atoms with Crippen molar-refractivity contribution in [3.63, 3.8) is 0 Å². The van der Waals surface area contributed by atoms with Gasteiger partial charge in [0.05, 0.1) is 13.2 Å². The number of hydrogen-bond donors (Lipinski definition) is 1. The van der Waals surface area contributed by atoms with E-state index in [9.17, 15) is 0 Å². The van der Waals surface area contributed by atoms with Crippen LogP contribution in [0.15, 0.2) is 60.7 Å². The summed E-state index contributed by atoms with van der Waals surface area (Å²) < 4.78 is 12.3. The zero-order chi connectivity index (χ0) is 13.8. The summed E-state index contributed by atoms with van der Waals surface area (Å²) in [5.41, 5.74) is 7.74. The molecule has 0 saturated carbocycles. The van der Waals surface area contributed by atoms with Crippen LogP contribution in [-0.2, 0) is 15.3 Å². The monoisotopic (exact) mass is 269 g/mol. The van der Waals surface area contributed by atoms with E-state index in [-0.39, 0.29) is 5.92 Å². The first kappa shape index (κ1) is 13.3. The second-order valence-electron chi connectivity index (χ2n) is 5.07. The highest BCUT2D eigenvalue weighted by Crippen LogP contribution is 2.38. The van der Waals surface area contributed by atoms with E-state index >= 15 is 0 Å². The minimum absolute atomic E-state index is 0.260. The Morgan fingerprint density at radius 3 is 1.70 bits per heavy atom. The van der Waals surface area contributed by atoms with Crippen molar-refractivity contribution >= 4 is 0 Å². The van der Waals surface area contributed by atoms with Crippen LogP contribution < -0.4 is 5.73 Å². The number of hydrogen-bond acceptors (Lipinski definition) is 3. The van der Waals surface area contributed by atoms with E-state index in [0.717, 1.165) is 11.1 Å². The Hall–Kier alpha value is -1.68. The predicted octanol–water partition coefficient (Wildman–Crippen LogP) is 2.51. The van der Waals surface area contributed by atoms with Gasteiger partial charge in [-0.3, -0.25) is 0 Å². The van der Waals surface area contributed by atoms with Crippen LogP contribution in [-0.4, -0.2) is 19.8 Å². The summed E-state index contributed by atoms with van der Waals surface area (Å²) >= 11 is 0. The lowest BCUT2D eigenvalue weighted by Gasteiger charge is -2.40. The second kappa shape index (κ2) is 5.75. The lowest BCUT2D eigenvalue weighted by atomic mass is 9.95. The van der Waals surface area contributed by atoms with Crippen LogP contribution in [0, 0.1) is 5.92 Å². The fraction of sp³-hybridized carbons (Fsp3) is 0.294. The SMILES string of the molecule is NCC1COC(c2ccccc2)(c2ccccc2)OC1. The van der Waals surface area contributed by atoms with E-state index < -0.39 is 5.79 Å². The molecule has 1 heterocycles. The highest BCUT2D eigenvalue weighted by molar-refractivity contribution is 5.34. The summed E-state index contributed by atoms with van der Waals surface area (Å²) in [4.78, 5) is 0. The van der Waals surface area contributed by atoms with E-state index in [1.807, 2.05) is 60.7 Å². The van der Waals surface area contributed by atoms with Crippen molar-refractivity contribution in [2.45, 2.75) is 5.79 Å². The first-order chi connectivity index (χ1) is 9.85. The molecule has 0 amide bonds. The van der Waals surface area contributed by atoms with E-state index in [1.54, 1.807) is 0 Å². The third-order valence-corrected chi connectivity index (χ3v) is 3.69.